The van der Waals surface area contributed by atoms with Crippen LogP contribution in [-0.4, -0.2) is 10.9 Å². The molecule has 0 N–H and O–H groups in total. The Labute approximate surface area is 113 Å². The summed E-state index contributed by atoms with van der Waals surface area (Å²) >= 11 is 0. The molecule has 1 nitrogen and oxygen atoms in total. The van der Waals surface area contributed by atoms with Crippen molar-refractivity contribution in [2.75, 3.05) is 0 Å². The smallest absolute Gasteiger partial charge is 0.173 e. The van der Waals surface area contributed by atoms with Crippen LogP contribution in [-0.2, 0) is 12.8 Å². The van der Waals surface area contributed by atoms with Crippen molar-refractivity contribution in [3.63, 3.8) is 0 Å². The maximum absolute atomic E-state index is 12.9. The first-order chi connectivity index (χ1) is 8.62. The highest BCUT2D eigenvalue weighted by molar-refractivity contribution is 7.21. The van der Waals surface area contributed by atoms with Gasteiger partial charge in [0.1, 0.15) is 0 Å². The molecule has 18 heavy (non-hydrogen) atoms. The molecule has 0 amide bonds. The number of ketones is 1. The Morgan fingerprint density at radius 2 is 1.67 bits per heavy atom. The number of hydrogen-bond acceptors (Lipinski definition) is 1. The van der Waals surface area contributed by atoms with Crippen LogP contribution >= 0.6 is 9.24 Å². The second-order valence-corrected chi connectivity index (χ2v) is 6.46. The second kappa shape index (κ2) is 5.53. The van der Waals surface area contributed by atoms with Crippen LogP contribution in [0.3, 0.4) is 0 Å². The Morgan fingerprint density at radius 1 is 1.17 bits per heavy atom. The van der Waals surface area contributed by atoms with Crippen LogP contribution in [0.1, 0.15) is 61.0 Å². The minimum Gasteiger partial charge on any atom is -0.293 e. The van der Waals surface area contributed by atoms with Gasteiger partial charge in [0.2, 0.25) is 0 Å². The molecule has 1 aromatic rings. The molecule has 1 aromatic carbocycles. The summed E-state index contributed by atoms with van der Waals surface area (Å²) in [4.78, 5) is 12.9. The van der Waals surface area contributed by atoms with Gasteiger partial charge in [-0.1, -0.05) is 44.9 Å². The first-order valence-electron chi connectivity index (χ1n) is 7.07. The van der Waals surface area contributed by atoms with Crippen molar-refractivity contribution >= 4 is 15.0 Å². The Hall–Kier alpha value is -0.680. The maximum atomic E-state index is 12.9. The molecule has 0 aromatic heterocycles. The zero-order valence-electron chi connectivity index (χ0n) is 11.5. The van der Waals surface area contributed by atoms with Crippen LogP contribution in [0.25, 0.3) is 0 Å². The third-order valence-electron chi connectivity index (χ3n) is 4.17. The predicted octanol–water partition coefficient (Wildman–Crippen LogP) is 4.18. The Bertz CT molecular complexity index is 422. The van der Waals surface area contributed by atoms with E-state index in [0.717, 1.165) is 31.2 Å². The molecule has 1 fully saturated rings. The van der Waals surface area contributed by atoms with Gasteiger partial charge in [-0.15, -0.1) is 9.24 Å². The van der Waals surface area contributed by atoms with E-state index in [1.807, 2.05) is 0 Å². The topological polar surface area (TPSA) is 17.1 Å². The first-order valence-corrected chi connectivity index (χ1v) is 7.64. The van der Waals surface area contributed by atoms with E-state index in [1.54, 1.807) is 0 Å². The molecule has 1 aliphatic carbocycles. The van der Waals surface area contributed by atoms with Crippen LogP contribution in [0.5, 0.6) is 0 Å². The lowest BCUT2D eigenvalue weighted by atomic mass is 9.87. The van der Waals surface area contributed by atoms with Gasteiger partial charge in [-0.25, -0.2) is 0 Å². The summed E-state index contributed by atoms with van der Waals surface area (Å²) in [6, 6.07) is 6.29. The SMILES string of the molecule is CCc1cccc(CC)c1C(=O)C1(P)CCCC1. The quantitative estimate of drug-likeness (QED) is 0.587. The molecule has 0 aliphatic heterocycles. The lowest BCUT2D eigenvalue weighted by Gasteiger charge is -2.24. The minimum atomic E-state index is -0.185. The Balaban J connectivity index is 2.46. The fourth-order valence-corrected chi connectivity index (χ4v) is 3.57. The fourth-order valence-electron chi connectivity index (χ4n) is 3.02. The van der Waals surface area contributed by atoms with Gasteiger partial charge >= 0.3 is 0 Å². The second-order valence-electron chi connectivity index (χ2n) is 5.35. The van der Waals surface area contributed by atoms with Crippen molar-refractivity contribution in [3.8, 4) is 0 Å². The van der Waals surface area contributed by atoms with E-state index in [-0.39, 0.29) is 5.16 Å². The van der Waals surface area contributed by atoms with Crippen LogP contribution in [0, 0.1) is 0 Å². The van der Waals surface area contributed by atoms with Gasteiger partial charge in [-0.05, 0) is 36.8 Å². The summed E-state index contributed by atoms with van der Waals surface area (Å²) in [6.45, 7) is 4.27. The highest BCUT2D eigenvalue weighted by Crippen LogP contribution is 2.41. The molecule has 0 radical (unpaired) electrons. The Morgan fingerprint density at radius 3 is 2.11 bits per heavy atom. The standard InChI is InChI=1S/C16H23OP/c1-3-12-8-7-9-13(4-2)14(12)15(17)16(18)10-5-6-11-16/h7-9H,3-6,10-11,18H2,1-2H3. The van der Waals surface area contributed by atoms with E-state index in [1.165, 1.54) is 24.0 Å². The summed E-state index contributed by atoms with van der Waals surface area (Å²) < 4.78 is 0. The van der Waals surface area contributed by atoms with Crippen molar-refractivity contribution in [2.24, 2.45) is 0 Å². The van der Waals surface area contributed by atoms with E-state index < -0.39 is 0 Å². The third kappa shape index (κ3) is 2.38. The molecular weight excluding hydrogens is 239 g/mol. The molecular formula is C16H23OP. The zero-order valence-corrected chi connectivity index (χ0v) is 12.6. The monoisotopic (exact) mass is 262 g/mol. The minimum absolute atomic E-state index is 0.185. The average molecular weight is 262 g/mol. The summed E-state index contributed by atoms with van der Waals surface area (Å²) in [5, 5.41) is -0.185. The van der Waals surface area contributed by atoms with Crippen molar-refractivity contribution < 1.29 is 4.79 Å². The summed E-state index contributed by atoms with van der Waals surface area (Å²) in [5.41, 5.74) is 3.44. The Kier molecular flexibility index (Phi) is 4.22. The number of carbonyl (C=O) groups excluding carboxylic acids is 1. The number of hydrogen-bond donors (Lipinski definition) is 0. The summed E-state index contributed by atoms with van der Waals surface area (Å²) in [5.74, 6) is 0.360. The van der Waals surface area contributed by atoms with Crippen LogP contribution in [0.15, 0.2) is 18.2 Å². The van der Waals surface area contributed by atoms with E-state index in [0.29, 0.717) is 5.78 Å². The van der Waals surface area contributed by atoms with Gasteiger partial charge in [0.15, 0.2) is 5.78 Å². The van der Waals surface area contributed by atoms with E-state index in [4.69, 9.17) is 0 Å². The van der Waals surface area contributed by atoms with E-state index in [2.05, 4.69) is 41.3 Å². The van der Waals surface area contributed by atoms with Crippen molar-refractivity contribution in [1.82, 2.24) is 0 Å². The van der Waals surface area contributed by atoms with Gasteiger partial charge in [-0.3, -0.25) is 4.79 Å². The lowest BCUT2D eigenvalue weighted by Crippen LogP contribution is -2.30. The highest BCUT2D eigenvalue weighted by Gasteiger charge is 2.38. The molecule has 0 heterocycles. The molecule has 1 atom stereocenters. The van der Waals surface area contributed by atoms with Gasteiger partial charge in [-0.2, -0.15) is 0 Å². The number of rotatable bonds is 4. The first kappa shape index (κ1) is 13.7. The number of Topliss-reactive ketones (excluding diaryl/α,β-unsaturated/α-hetero) is 1. The molecule has 1 aliphatic rings. The van der Waals surface area contributed by atoms with Crippen molar-refractivity contribution in [2.45, 2.75) is 57.5 Å². The average Bonchev–Trinajstić information content (AvgIpc) is 2.85. The number of carbonyl (C=O) groups is 1. The molecule has 1 unspecified atom stereocenters. The molecule has 98 valence electrons. The van der Waals surface area contributed by atoms with Gasteiger partial charge < -0.3 is 0 Å². The lowest BCUT2D eigenvalue weighted by molar-refractivity contribution is 0.0942. The molecule has 0 spiro atoms. The third-order valence-corrected chi connectivity index (χ3v) is 5.01. The summed E-state index contributed by atoms with van der Waals surface area (Å²) in [7, 11) is 2.86. The van der Waals surface area contributed by atoms with Crippen molar-refractivity contribution in [1.29, 1.82) is 0 Å². The predicted molar refractivity (Wildman–Crippen MR) is 80.4 cm³/mol. The van der Waals surface area contributed by atoms with Gasteiger partial charge in [0.05, 0.1) is 0 Å². The normalized spacial score (nSPS) is 17.9. The van der Waals surface area contributed by atoms with Crippen molar-refractivity contribution in [3.05, 3.63) is 34.9 Å². The highest BCUT2D eigenvalue weighted by atomic mass is 31.0. The molecule has 2 rings (SSSR count). The molecule has 2 heteroatoms. The largest absolute Gasteiger partial charge is 0.293 e. The fraction of sp³-hybridized carbons (Fsp3) is 0.562. The van der Waals surface area contributed by atoms with Crippen LogP contribution in [0.4, 0.5) is 0 Å². The number of benzene rings is 1. The van der Waals surface area contributed by atoms with Gasteiger partial charge in [0.25, 0.3) is 0 Å². The van der Waals surface area contributed by atoms with E-state index >= 15 is 0 Å². The van der Waals surface area contributed by atoms with Crippen LogP contribution in [0.2, 0.25) is 0 Å². The molecule has 0 bridgehead atoms. The maximum Gasteiger partial charge on any atom is 0.173 e. The van der Waals surface area contributed by atoms with E-state index in [9.17, 15) is 4.79 Å². The van der Waals surface area contributed by atoms with Gasteiger partial charge in [0, 0.05) is 10.7 Å². The summed E-state index contributed by atoms with van der Waals surface area (Å²) in [6.07, 6.45) is 6.30. The number of aryl methyl sites for hydroxylation is 2. The van der Waals surface area contributed by atoms with Crippen LogP contribution < -0.4 is 0 Å². The zero-order chi connectivity index (χ0) is 13.2. The molecule has 1 saturated carbocycles. The molecule has 0 saturated heterocycles.